The average molecular weight is 365 g/mol. The summed E-state index contributed by atoms with van der Waals surface area (Å²) in [6.07, 6.45) is 0. The zero-order valence-electron chi connectivity index (χ0n) is 13.9. The number of benzene rings is 1. The second-order valence-corrected chi connectivity index (χ2v) is 7.91. The minimum absolute atomic E-state index is 0.182. The molecular formula is C17H21ClN4OS. The van der Waals surface area contributed by atoms with Crippen molar-refractivity contribution in [2.75, 3.05) is 26.2 Å². The zero-order chi connectivity index (χ0) is 17.2. The highest BCUT2D eigenvalue weighted by Crippen LogP contribution is 2.26. The lowest BCUT2D eigenvalue weighted by atomic mass is 9.83. The summed E-state index contributed by atoms with van der Waals surface area (Å²) in [6, 6.07) is 9.97. The van der Waals surface area contributed by atoms with Crippen LogP contribution < -0.4 is 0 Å². The molecule has 7 heteroatoms. The predicted octanol–water partition coefficient (Wildman–Crippen LogP) is 2.81. The van der Waals surface area contributed by atoms with Crippen molar-refractivity contribution in [1.29, 1.82) is 0 Å². The van der Waals surface area contributed by atoms with E-state index in [1.807, 2.05) is 49.1 Å². The third-order valence-electron chi connectivity index (χ3n) is 4.57. The summed E-state index contributed by atoms with van der Waals surface area (Å²) >= 11 is 7.28. The normalized spacial score (nSPS) is 16.4. The first kappa shape index (κ1) is 17.3. The van der Waals surface area contributed by atoms with Crippen molar-refractivity contribution in [3.05, 3.63) is 45.9 Å². The van der Waals surface area contributed by atoms with E-state index in [2.05, 4.69) is 14.5 Å². The molecule has 5 nitrogen and oxygen atoms in total. The Morgan fingerprint density at radius 1 is 1.21 bits per heavy atom. The van der Waals surface area contributed by atoms with E-state index in [9.17, 15) is 4.79 Å². The van der Waals surface area contributed by atoms with Crippen LogP contribution in [0.5, 0.6) is 0 Å². The fourth-order valence-corrected chi connectivity index (χ4v) is 3.60. The summed E-state index contributed by atoms with van der Waals surface area (Å²) in [5.74, 6) is 0.182. The van der Waals surface area contributed by atoms with E-state index in [-0.39, 0.29) is 5.91 Å². The molecule has 0 saturated carbocycles. The van der Waals surface area contributed by atoms with Crippen LogP contribution in [-0.4, -0.2) is 51.5 Å². The van der Waals surface area contributed by atoms with Crippen LogP contribution in [0.25, 0.3) is 0 Å². The third-order valence-corrected chi connectivity index (χ3v) is 5.56. The van der Waals surface area contributed by atoms with Gasteiger partial charge in [-0.2, -0.15) is 0 Å². The maximum absolute atomic E-state index is 13.0. The molecule has 0 radical (unpaired) electrons. The maximum Gasteiger partial charge on any atom is 0.232 e. The Hall–Kier alpha value is -1.50. The van der Waals surface area contributed by atoms with Crippen LogP contribution >= 0.6 is 23.1 Å². The lowest BCUT2D eigenvalue weighted by Crippen LogP contribution is -2.52. The van der Waals surface area contributed by atoms with Gasteiger partial charge in [-0.25, -0.2) is 0 Å². The Morgan fingerprint density at radius 2 is 1.88 bits per heavy atom. The summed E-state index contributed by atoms with van der Waals surface area (Å²) in [5, 5.41) is 4.06. The van der Waals surface area contributed by atoms with Crippen molar-refractivity contribution in [2.45, 2.75) is 25.8 Å². The third kappa shape index (κ3) is 3.61. The van der Waals surface area contributed by atoms with Gasteiger partial charge in [0.05, 0.1) is 5.41 Å². The molecule has 3 rings (SSSR count). The van der Waals surface area contributed by atoms with Crippen LogP contribution in [0.3, 0.4) is 0 Å². The van der Waals surface area contributed by atoms with Gasteiger partial charge in [0.1, 0.15) is 10.0 Å². The van der Waals surface area contributed by atoms with Crippen LogP contribution in [0.4, 0.5) is 0 Å². The van der Waals surface area contributed by atoms with Crippen LogP contribution in [-0.2, 0) is 16.8 Å². The van der Waals surface area contributed by atoms with Crippen molar-refractivity contribution < 1.29 is 4.79 Å². The second-order valence-electron chi connectivity index (χ2n) is 6.55. The summed E-state index contributed by atoms with van der Waals surface area (Å²) in [5.41, 5.74) is 1.37. The molecule has 0 N–H and O–H groups in total. The topological polar surface area (TPSA) is 49.3 Å². The first-order chi connectivity index (χ1) is 11.5. The van der Waals surface area contributed by atoms with Gasteiger partial charge >= 0.3 is 0 Å². The zero-order valence-corrected chi connectivity index (χ0v) is 15.5. The number of carbonyl (C=O) groups is 1. The molecule has 0 unspecified atom stereocenters. The van der Waals surface area contributed by atoms with E-state index in [1.54, 1.807) is 0 Å². The molecule has 2 heterocycles. The molecular weight excluding hydrogens is 344 g/mol. The molecule has 1 aliphatic rings. The number of piperazine rings is 1. The number of aromatic nitrogens is 2. The average Bonchev–Trinajstić information content (AvgIpc) is 3.00. The van der Waals surface area contributed by atoms with Gasteiger partial charge in [0.2, 0.25) is 5.91 Å². The standard InChI is InChI=1S/C17H21ClN4OS/c1-17(2,13-6-4-3-5-7-13)16(23)22-10-8-21(9-11-22)12-14-15(18)24-20-19-14/h3-7H,8-12H2,1-2H3. The molecule has 24 heavy (non-hydrogen) atoms. The fraction of sp³-hybridized carbons (Fsp3) is 0.471. The predicted molar refractivity (Wildman–Crippen MR) is 96.2 cm³/mol. The van der Waals surface area contributed by atoms with Gasteiger partial charge in [0.15, 0.2) is 0 Å². The van der Waals surface area contributed by atoms with Crippen molar-refractivity contribution in [2.24, 2.45) is 0 Å². The van der Waals surface area contributed by atoms with E-state index in [4.69, 9.17) is 11.6 Å². The van der Waals surface area contributed by atoms with E-state index in [0.717, 1.165) is 37.4 Å². The molecule has 1 fully saturated rings. The number of amides is 1. The number of hydrogen-bond donors (Lipinski definition) is 0. The van der Waals surface area contributed by atoms with Crippen molar-refractivity contribution in [3.8, 4) is 0 Å². The van der Waals surface area contributed by atoms with Gasteiger partial charge in [-0.05, 0) is 19.4 Å². The lowest BCUT2D eigenvalue weighted by Gasteiger charge is -2.38. The second kappa shape index (κ2) is 7.17. The number of rotatable bonds is 4. The van der Waals surface area contributed by atoms with Crippen molar-refractivity contribution in [1.82, 2.24) is 19.4 Å². The number of nitrogens with zero attached hydrogens (tertiary/aromatic N) is 4. The molecule has 0 atom stereocenters. The Labute approximate surface area is 151 Å². The Kier molecular flexibility index (Phi) is 5.18. The number of hydrogen-bond acceptors (Lipinski definition) is 5. The molecule has 1 aromatic carbocycles. The van der Waals surface area contributed by atoms with E-state index in [1.165, 1.54) is 11.5 Å². The highest BCUT2D eigenvalue weighted by Gasteiger charge is 2.35. The Balaban J connectivity index is 1.60. The minimum Gasteiger partial charge on any atom is -0.339 e. The van der Waals surface area contributed by atoms with E-state index >= 15 is 0 Å². The van der Waals surface area contributed by atoms with Gasteiger partial charge in [-0.3, -0.25) is 9.69 Å². The molecule has 0 spiro atoms. The van der Waals surface area contributed by atoms with Gasteiger partial charge in [0.25, 0.3) is 0 Å². The summed E-state index contributed by atoms with van der Waals surface area (Å²) in [7, 11) is 0. The smallest absolute Gasteiger partial charge is 0.232 e. The SMILES string of the molecule is CC(C)(C(=O)N1CCN(Cc2nnsc2Cl)CC1)c1ccccc1. The minimum atomic E-state index is -0.508. The van der Waals surface area contributed by atoms with Gasteiger partial charge in [0, 0.05) is 44.3 Å². The maximum atomic E-state index is 13.0. The molecule has 2 aromatic rings. The van der Waals surface area contributed by atoms with E-state index < -0.39 is 5.41 Å². The first-order valence-electron chi connectivity index (χ1n) is 8.02. The monoisotopic (exact) mass is 364 g/mol. The molecule has 1 amide bonds. The van der Waals surface area contributed by atoms with Crippen molar-refractivity contribution in [3.63, 3.8) is 0 Å². The molecule has 128 valence electrons. The summed E-state index contributed by atoms with van der Waals surface area (Å²) in [6.45, 7) is 7.79. The fourth-order valence-electron chi connectivity index (χ4n) is 2.99. The van der Waals surface area contributed by atoms with Crippen molar-refractivity contribution >= 4 is 29.0 Å². The highest BCUT2D eigenvalue weighted by molar-refractivity contribution is 7.10. The van der Waals surface area contributed by atoms with Gasteiger partial charge in [-0.1, -0.05) is 46.4 Å². The molecule has 1 saturated heterocycles. The highest BCUT2D eigenvalue weighted by atomic mass is 35.5. The summed E-state index contributed by atoms with van der Waals surface area (Å²) < 4.78 is 4.52. The quantitative estimate of drug-likeness (QED) is 0.837. The van der Waals surface area contributed by atoms with E-state index in [0.29, 0.717) is 10.9 Å². The number of carbonyl (C=O) groups excluding carboxylic acids is 1. The Morgan fingerprint density at radius 3 is 2.46 bits per heavy atom. The van der Waals surface area contributed by atoms with Gasteiger partial charge < -0.3 is 4.90 Å². The molecule has 0 aliphatic carbocycles. The van der Waals surface area contributed by atoms with Crippen LogP contribution in [0, 0.1) is 0 Å². The molecule has 1 aromatic heterocycles. The first-order valence-corrected chi connectivity index (χ1v) is 9.17. The Bertz CT molecular complexity index is 696. The molecule has 0 bridgehead atoms. The van der Waals surface area contributed by atoms with Gasteiger partial charge in [-0.15, -0.1) is 5.10 Å². The molecule has 1 aliphatic heterocycles. The van der Waals surface area contributed by atoms with Crippen LogP contribution in [0.1, 0.15) is 25.1 Å². The largest absolute Gasteiger partial charge is 0.339 e. The summed E-state index contributed by atoms with van der Waals surface area (Å²) in [4.78, 5) is 17.2. The van der Waals surface area contributed by atoms with Crippen LogP contribution in [0.2, 0.25) is 4.34 Å². The van der Waals surface area contributed by atoms with Crippen LogP contribution in [0.15, 0.2) is 30.3 Å². The number of halogens is 1. The lowest BCUT2D eigenvalue weighted by molar-refractivity contribution is -0.138.